The first-order valence-electron chi connectivity index (χ1n) is 8.41. The Kier molecular flexibility index (Phi) is 3.98. The van der Waals surface area contributed by atoms with E-state index in [1.165, 1.54) is 27.7 Å². The summed E-state index contributed by atoms with van der Waals surface area (Å²) < 4.78 is 0. The number of nitrogens with zero attached hydrogens (tertiary/aromatic N) is 1. The predicted molar refractivity (Wildman–Crippen MR) is 103 cm³/mol. The van der Waals surface area contributed by atoms with Gasteiger partial charge in [-0.05, 0) is 30.8 Å². The van der Waals surface area contributed by atoms with E-state index in [1.807, 2.05) is 6.07 Å². The molecule has 4 rings (SSSR count). The third-order valence-corrected chi connectivity index (χ3v) is 5.19. The van der Waals surface area contributed by atoms with Gasteiger partial charge in [-0.15, -0.1) is 0 Å². The van der Waals surface area contributed by atoms with Crippen LogP contribution in [0.4, 0.5) is 0 Å². The fraction of sp³-hybridized carbons (Fsp3) is 0.250. The summed E-state index contributed by atoms with van der Waals surface area (Å²) in [5, 5.41) is 5.64. The largest absolute Gasteiger partial charge is 0.358 e. The number of para-hydroxylation sites is 1. The molecule has 0 saturated heterocycles. The second-order valence-corrected chi connectivity index (χ2v) is 6.77. The van der Waals surface area contributed by atoms with Crippen molar-refractivity contribution in [2.24, 2.45) is 0 Å². The van der Waals surface area contributed by atoms with Gasteiger partial charge in [0, 0.05) is 41.7 Å². The van der Waals surface area contributed by atoms with E-state index >= 15 is 0 Å². The predicted octanol–water partition coefficient (Wildman–Crippen LogP) is 4.16. The van der Waals surface area contributed by atoms with Crippen molar-refractivity contribution in [3.8, 4) is 0 Å². The van der Waals surface area contributed by atoms with E-state index in [4.69, 9.17) is 12.2 Å². The maximum atomic E-state index is 5.68. The number of fused-ring (bicyclic) bond motifs is 3. The fourth-order valence-electron chi connectivity index (χ4n) is 3.44. The maximum Gasteiger partial charge on any atom is 0.169 e. The molecule has 1 unspecified atom stereocenters. The lowest BCUT2D eigenvalue weighted by atomic mass is 10.0. The Morgan fingerprint density at radius 2 is 1.88 bits per heavy atom. The Bertz CT molecular complexity index is 869. The number of thiocarbonyl (C=S) groups is 1. The van der Waals surface area contributed by atoms with Gasteiger partial charge in [0.25, 0.3) is 0 Å². The third-order valence-electron chi connectivity index (χ3n) is 4.81. The Balaban J connectivity index is 1.51. The molecular weight excluding hydrogens is 314 g/mol. The molecule has 2 heterocycles. The lowest BCUT2D eigenvalue weighted by Crippen LogP contribution is -2.43. The highest BCUT2D eigenvalue weighted by atomic mass is 32.1. The SMILES string of the molecule is CC(NC(=S)N1CCc2[nH]c3ccccc3c2C1)c1ccccc1. The monoisotopic (exact) mass is 335 g/mol. The first kappa shape index (κ1) is 15.2. The highest BCUT2D eigenvalue weighted by Crippen LogP contribution is 2.27. The van der Waals surface area contributed by atoms with Crippen molar-refractivity contribution in [3.63, 3.8) is 0 Å². The topological polar surface area (TPSA) is 31.1 Å². The molecule has 3 aromatic rings. The zero-order valence-electron chi connectivity index (χ0n) is 13.8. The van der Waals surface area contributed by atoms with Crippen molar-refractivity contribution in [2.75, 3.05) is 6.54 Å². The van der Waals surface area contributed by atoms with E-state index in [0.29, 0.717) is 0 Å². The highest BCUT2D eigenvalue weighted by molar-refractivity contribution is 7.80. The van der Waals surface area contributed by atoms with E-state index in [1.54, 1.807) is 0 Å². The Hall–Kier alpha value is -2.33. The quantitative estimate of drug-likeness (QED) is 0.690. The van der Waals surface area contributed by atoms with Crippen LogP contribution in [0.5, 0.6) is 0 Å². The Labute approximate surface area is 147 Å². The zero-order chi connectivity index (χ0) is 16.5. The molecule has 0 saturated carbocycles. The first-order valence-corrected chi connectivity index (χ1v) is 8.82. The average Bonchev–Trinajstić information content (AvgIpc) is 3.00. The summed E-state index contributed by atoms with van der Waals surface area (Å²) in [7, 11) is 0. The van der Waals surface area contributed by atoms with Gasteiger partial charge in [-0.1, -0.05) is 48.5 Å². The van der Waals surface area contributed by atoms with Crippen LogP contribution in [0.15, 0.2) is 54.6 Å². The van der Waals surface area contributed by atoms with Crippen LogP contribution in [0.2, 0.25) is 0 Å². The molecule has 0 aliphatic carbocycles. The highest BCUT2D eigenvalue weighted by Gasteiger charge is 2.22. The van der Waals surface area contributed by atoms with Crippen LogP contribution in [-0.2, 0) is 13.0 Å². The van der Waals surface area contributed by atoms with Gasteiger partial charge in [0.1, 0.15) is 0 Å². The number of aromatic nitrogens is 1. The lowest BCUT2D eigenvalue weighted by Gasteiger charge is -2.31. The number of hydrogen-bond acceptors (Lipinski definition) is 1. The minimum absolute atomic E-state index is 0.211. The van der Waals surface area contributed by atoms with Crippen LogP contribution < -0.4 is 5.32 Å². The molecule has 0 radical (unpaired) electrons. The lowest BCUT2D eigenvalue weighted by molar-refractivity contribution is 0.382. The van der Waals surface area contributed by atoms with Gasteiger partial charge < -0.3 is 15.2 Å². The molecule has 0 bridgehead atoms. The minimum Gasteiger partial charge on any atom is -0.358 e. The zero-order valence-corrected chi connectivity index (χ0v) is 14.6. The Morgan fingerprint density at radius 1 is 1.12 bits per heavy atom. The standard InChI is InChI=1S/C20H21N3S/c1-14(15-7-3-2-4-8-15)21-20(24)23-12-11-19-17(13-23)16-9-5-6-10-18(16)22-19/h2-10,14,22H,11-13H2,1H3,(H,21,24). The summed E-state index contributed by atoms with van der Waals surface area (Å²) in [6.45, 7) is 3.97. The van der Waals surface area contributed by atoms with Crippen LogP contribution >= 0.6 is 12.2 Å². The Morgan fingerprint density at radius 3 is 2.71 bits per heavy atom. The van der Waals surface area contributed by atoms with Gasteiger partial charge >= 0.3 is 0 Å². The summed E-state index contributed by atoms with van der Waals surface area (Å²) in [4.78, 5) is 5.83. The fourth-order valence-corrected chi connectivity index (χ4v) is 3.77. The van der Waals surface area contributed by atoms with Crippen LogP contribution in [0, 0.1) is 0 Å². The molecule has 1 atom stereocenters. The second kappa shape index (κ2) is 6.29. The number of H-pyrrole nitrogens is 1. The normalized spacial score (nSPS) is 15.1. The summed E-state index contributed by atoms with van der Waals surface area (Å²) in [5.74, 6) is 0. The van der Waals surface area contributed by atoms with E-state index in [2.05, 4.69) is 70.7 Å². The van der Waals surface area contributed by atoms with Crippen LogP contribution in [0.3, 0.4) is 0 Å². The summed E-state index contributed by atoms with van der Waals surface area (Å²) in [5.41, 5.74) is 5.21. The number of benzene rings is 2. The minimum atomic E-state index is 0.211. The van der Waals surface area contributed by atoms with Gasteiger partial charge in [0.15, 0.2) is 5.11 Å². The summed E-state index contributed by atoms with van der Waals surface area (Å²) in [6.07, 6.45) is 1.01. The van der Waals surface area contributed by atoms with E-state index in [9.17, 15) is 0 Å². The van der Waals surface area contributed by atoms with Crippen LogP contribution in [-0.4, -0.2) is 21.5 Å². The molecule has 0 amide bonds. The molecule has 1 aromatic heterocycles. The molecule has 122 valence electrons. The molecule has 1 aliphatic rings. The van der Waals surface area contributed by atoms with Crippen molar-refractivity contribution in [1.29, 1.82) is 0 Å². The van der Waals surface area contributed by atoms with Crippen molar-refractivity contribution in [3.05, 3.63) is 71.4 Å². The second-order valence-electron chi connectivity index (χ2n) is 6.38. The van der Waals surface area contributed by atoms with E-state index in [-0.39, 0.29) is 6.04 Å². The average molecular weight is 335 g/mol. The van der Waals surface area contributed by atoms with E-state index < -0.39 is 0 Å². The molecule has 4 heteroatoms. The number of rotatable bonds is 2. The van der Waals surface area contributed by atoms with Crippen molar-refractivity contribution < 1.29 is 0 Å². The van der Waals surface area contributed by atoms with Crippen molar-refractivity contribution in [1.82, 2.24) is 15.2 Å². The van der Waals surface area contributed by atoms with Gasteiger partial charge in [0.2, 0.25) is 0 Å². The summed E-state index contributed by atoms with van der Waals surface area (Å²) in [6, 6.07) is 19.2. The molecule has 0 fully saturated rings. The maximum absolute atomic E-state index is 5.68. The van der Waals surface area contributed by atoms with Gasteiger partial charge in [-0.3, -0.25) is 0 Å². The number of aromatic amines is 1. The van der Waals surface area contributed by atoms with Crippen LogP contribution in [0.1, 0.15) is 29.8 Å². The molecule has 1 aliphatic heterocycles. The molecule has 2 N–H and O–H groups in total. The summed E-state index contributed by atoms with van der Waals surface area (Å²) >= 11 is 5.68. The molecule has 3 nitrogen and oxygen atoms in total. The van der Waals surface area contributed by atoms with Gasteiger partial charge in [-0.25, -0.2) is 0 Å². The molecule has 2 aromatic carbocycles. The van der Waals surface area contributed by atoms with E-state index in [0.717, 1.165) is 24.6 Å². The number of nitrogens with one attached hydrogen (secondary N) is 2. The number of hydrogen-bond donors (Lipinski definition) is 2. The molecular formula is C20H21N3S. The smallest absolute Gasteiger partial charge is 0.169 e. The van der Waals surface area contributed by atoms with Gasteiger partial charge in [0.05, 0.1) is 6.04 Å². The first-order chi connectivity index (χ1) is 11.7. The van der Waals surface area contributed by atoms with Gasteiger partial charge in [-0.2, -0.15) is 0 Å². The molecule has 0 spiro atoms. The molecule has 24 heavy (non-hydrogen) atoms. The third kappa shape index (κ3) is 2.78. The van der Waals surface area contributed by atoms with Crippen molar-refractivity contribution in [2.45, 2.75) is 25.9 Å². The van der Waals surface area contributed by atoms with Crippen LogP contribution in [0.25, 0.3) is 10.9 Å². The van der Waals surface area contributed by atoms with Crippen molar-refractivity contribution >= 4 is 28.2 Å².